The minimum absolute atomic E-state index is 0.0503. The second kappa shape index (κ2) is 3.71. The Morgan fingerprint density at radius 3 is 3.06 bits per heavy atom. The summed E-state index contributed by atoms with van der Waals surface area (Å²) in [4.78, 5) is 16.3. The lowest BCUT2D eigenvalue weighted by atomic mass is 10.1. The van der Waals surface area contributed by atoms with Crippen LogP contribution in [0.5, 0.6) is 0 Å². The molecule has 0 bridgehead atoms. The zero-order valence-corrected chi connectivity index (χ0v) is 8.73. The first kappa shape index (κ1) is 9.53. The minimum Gasteiger partial charge on any atom is -0.317 e. The molecule has 1 radical (unpaired) electrons. The molecule has 0 spiro atoms. The van der Waals surface area contributed by atoms with Gasteiger partial charge in [0, 0.05) is 6.04 Å². The molecule has 83 valence electrons. The lowest BCUT2D eigenvalue weighted by molar-refractivity contribution is 0.359. The second-order valence-electron chi connectivity index (χ2n) is 4.00. The van der Waals surface area contributed by atoms with Gasteiger partial charge >= 0.3 is 0 Å². The van der Waals surface area contributed by atoms with Crippen LogP contribution >= 0.6 is 0 Å². The number of piperidine rings is 1. The van der Waals surface area contributed by atoms with Crippen molar-refractivity contribution in [2.24, 2.45) is 0 Å². The Labute approximate surface area is 91.7 Å². The van der Waals surface area contributed by atoms with E-state index in [1.165, 1.54) is 0 Å². The molecule has 6 heteroatoms. The first-order valence-electron chi connectivity index (χ1n) is 5.40. The van der Waals surface area contributed by atoms with Gasteiger partial charge in [0.2, 0.25) is 0 Å². The maximum Gasteiger partial charge on any atom is 0.279 e. The molecule has 2 aromatic rings. The van der Waals surface area contributed by atoms with Crippen molar-refractivity contribution in [1.82, 2.24) is 25.1 Å². The van der Waals surface area contributed by atoms with Gasteiger partial charge in [-0.15, -0.1) is 0 Å². The van der Waals surface area contributed by atoms with Crippen LogP contribution in [0.3, 0.4) is 0 Å². The Kier molecular flexibility index (Phi) is 2.21. The van der Waals surface area contributed by atoms with Crippen LogP contribution in [0.1, 0.15) is 18.9 Å². The Morgan fingerprint density at radius 1 is 1.44 bits per heavy atom. The van der Waals surface area contributed by atoms with Gasteiger partial charge in [0.05, 0.1) is 6.33 Å². The number of aromatic nitrogens is 4. The predicted molar refractivity (Wildman–Crippen MR) is 58.1 cm³/mol. The highest BCUT2D eigenvalue weighted by atomic mass is 16.1. The molecule has 0 aromatic carbocycles. The van der Waals surface area contributed by atoms with Crippen molar-refractivity contribution in [1.29, 1.82) is 0 Å². The molecule has 2 N–H and O–H groups in total. The summed E-state index contributed by atoms with van der Waals surface area (Å²) >= 11 is 0. The number of rotatable bonds is 1. The smallest absolute Gasteiger partial charge is 0.279 e. The van der Waals surface area contributed by atoms with Gasteiger partial charge in [-0.2, -0.15) is 5.10 Å². The summed E-state index contributed by atoms with van der Waals surface area (Å²) in [5.74, 6) is 0. The van der Waals surface area contributed by atoms with Crippen molar-refractivity contribution in [3.05, 3.63) is 22.9 Å². The van der Waals surface area contributed by atoms with Gasteiger partial charge < -0.3 is 5.32 Å². The molecular weight excluding hydrogens is 206 g/mol. The summed E-state index contributed by atoms with van der Waals surface area (Å²) < 4.78 is 1.70. The fourth-order valence-electron chi connectivity index (χ4n) is 2.13. The van der Waals surface area contributed by atoms with Gasteiger partial charge in [-0.25, -0.2) is 4.98 Å². The van der Waals surface area contributed by atoms with Crippen LogP contribution in [-0.4, -0.2) is 32.8 Å². The normalized spacial score (nSPS) is 18.0. The molecule has 2 aromatic heterocycles. The molecule has 0 unspecified atom stereocenters. The van der Waals surface area contributed by atoms with E-state index in [2.05, 4.69) is 26.7 Å². The van der Waals surface area contributed by atoms with Gasteiger partial charge in [0.15, 0.2) is 0 Å². The highest BCUT2D eigenvalue weighted by molar-refractivity contribution is 5.70. The van der Waals surface area contributed by atoms with Crippen molar-refractivity contribution in [3.63, 3.8) is 0 Å². The zero-order valence-electron chi connectivity index (χ0n) is 8.73. The molecule has 3 heterocycles. The zero-order chi connectivity index (χ0) is 11.0. The average Bonchev–Trinajstić information content (AvgIpc) is 2.80. The highest BCUT2D eigenvalue weighted by Crippen LogP contribution is 2.16. The largest absolute Gasteiger partial charge is 0.317 e. The third kappa shape index (κ3) is 1.42. The highest BCUT2D eigenvalue weighted by Gasteiger charge is 2.17. The Balaban J connectivity index is 2.09. The summed E-state index contributed by atoms with van der Waals surface area (Å²) in [6.45, 7) is 1.90. The van der Waals surface area contributed by atoms with Crippen molar-refractivity contribution in [3.8, 4) is 0 Å². The van der Waals surface area contributed by atoms with E-state index in [0.29, 0.717) is 11.0 Å². The summed E-state index contributed by atoms with van der Waals surface area (Å²) in [5, 5.41) is 9.63. The fraction of sp³-hybridized carbons (Fsp3) is 0.500. The van der Waals surface area contributed by atoms with E-state index in [1.54, 1.807) is 10.9 Å². The fourth-order valence-corrected chi connectivity index (χ4v) is 2.13. The molecule has 1 aliphatic heterocycles. The SMILES string of the molecule is O=c1c2[nH]n[c]c2ncn1C1CCNCC1. The molecule has 0 saturated carbocycles. The van der Waals surface area contributed by atoms with Crippen LogP contribution in [0.2, 0.25) is 0 Å². The van der Waals surface area contributed by atoms with Crippen LogP contribution in [0.4, 0.5) is 0 Å². The summed E-state index contributed by atoms with van der Waals surface area (Å²) in [6.07, 6.45) is 6.18. The maximum absolute atomic E-state index is 12.1. The quantitative estimate of drug-likeness (QED) is 0.697. The van der Waals surface area contributed by atoms with Crippen LogP contribution in [0, 0.1) is 6.20 Å². The standard InChI is InChI=1S/C10H12N5O/c16-10-9-8(5-13-14-9)12-6-15(10)7-1-3-11-4-2-7/h6-7,11H,1-4H2,(H,13,14). The van der Waals surface area contributed by atoms with Gasteiger partial charge in [-0.1, -0.05) is 0 Å². The van der Waals surface area contributed by atoms with Crippen LogP contribution < -0.4 is 10.9 Å². The summed E-state index contributed by atoms with van der Waals surface area (Å²) in [6, 6.07) is 0.244. The lowest BCUT2D eigenvalue weighted by Crippen LogP contribution is -2.34. The Hall–Kier alpha value is -1.69. The van der Waals surface area contributed by atoms with Gasteiger partial charge in [0.25, 0.3) is 5.56 Å². The van der Waals surface area contributed by atoms with E-state index < -0.39 is 0 Å². The van der Waals surface area contributed by atoms with Crippen LogP contribution in [0.15, 0.2) is 11.1 Å². The van der Waals surface area contributed by atoms with E-state index in [-0.39, 0.29) is 11.6 Å². The maximum atomic E-state index is 12.1. The van der Waals surface area contributed by atoms with E-state index in [1.807, 2.05) is 0 Å². The first-order valence-corrected chi connectivity index (χ1v) is 5.40. The van der Waals surface area contributed by atoms with Crippen LogP contribution in [0.25, 0.3) is 11.0 Å². The molecule has 0 atom stereocenters. The van der Waals surface area contributed by atoms with E-state index >= 15 is 0 Å². The molecule has 16 heavy (non-hydrogen) atoms. The number of hydrogen-bond acceptors (Lipinski definition) is 4. The number of fused-ring (bicyclic) bond motifs is 1. The van der Waals surface area contributed by atoms with E-state index in [9.17, 15) is 4.79 Å². The molecule has 6 nitrogen and oxygen atoms in total. The summed E-state index contributed by atoms with van der Waals surface area (Å²) in [5.41, 5.74) is 0.905. The molecule has 1 fully saturated rings. The number of aromatic amines is 1. The van der Waals surface area contributed by atoms with Crippen molar-refractivity contribution in [2.75, 3.05) is 13.1 Å². The number of nitrogens with one attached hydrogen (secondary N) is 2. The van der Waals surface area contributed by atoms with E-state index in [4.69, 9.17) is 0 Å². The third-order valence-electron chi connectivity index (χ3n) is 3.03. The average molecular weight is 218 g/mol. The Bertz CT molecular complexity index is 552. The number of H-pyrrole nitrogens is 1. The van der Waals surface area contributed by atoms with Gasteiger partial charge in [0.1, 0.15) is 17.2 Å². The van der Waals surface area contributed by atoms with Crippen molar-refractivity contribution >= 4 is 11.0 Å². The van der Waals surface area contributed by atoms with Gasteiger partial charge in [-0.05, 0) is 25.9 Å². The van der Waals surface area contributed by atoms with Crippen LogP contribution in [-0.2, 0) is 0 Å². The topological polar surface area (TPSA) is 75.6 Å². The number of hydrogen-bond donors (Lipinski definition) is 2. The molecular formula is C10H12N5O. The van der Waals surface area contributed by atoms with Crippen molar-refractivity contribution < 1.29 is 0 Å². The number of nitrogens with zero attached hydrogens (tertiary/aromatic N) is 3. The molecule has 3 rings (SSSR count). The molecule has 0 amide bonds. The van der Waals surface area contributed by atoms with E-state index in [0.717, 1.165) is 25.9 Å². The first-order chi connectivity index (χ1) is 7.86. The minimum atomic E-state index is -0.0503. The predicted octanol–water partition coefficient (Wildman–Crippen LogP) is -0.156. The molecule has 1 aliphatic rings. The third-order valence-corrected chi connectivity index (χ3v) is 3.03. The molecule has 0 aliphatic carbocycles. The second-order valence-corrected chi connectivity index (χ2v) is 4.00. The molecule has 1 saturated heterocycles. The summed E-state index contributed by atoms with van der Waals surface area (Å²) in [7, 11) is 0. The Morgan fingerprint density at radius 2 is 2.25 bits per heavy atom. The lowest BCUT2D eigenvalue weighted by Gasteiger charge is -2.24. The monoisotopic (exact) mass is 218 g/mol. The van der Waals surface area contributed by atoms with Crippen molar-refractivity contribution in [2.45, 2.75) is 18.9 Å². The van der Waals surface area contributed by atoms with Gasteiger partial charge in [-0.3, -0.25) is 14.5 Å².